The van der Waals surface area contributed by atoms with E-state index in [-0.39, 0.29) is 6.10 Å². The van der Waals surface area contributed by atoms with Crippen molar-refractivity contribution in [3.8, 4) is 0 Å². The maximum atomic E-state index is 5.51. The average Bonchev–Trinajstić information content (AvgIpc) is 2.60. The van der Waals surface area contributed by atoms with E-state index in [1.807, 2.05) is 0 Å². The summed E-state index contributed by atoms with van der Waals surface area (Å²) in [6, 6.07) is 0. The zero-order chi connectivity index (χ0) is 7.26. The molecule has 58 valence electrons. The standard InChI is InChI=1S/C8H9NO2/c1-2-5-6(3-1)11-8(9-5)7-4-10-7/h7H,1-4H2. The Balaban J connectivity index is 2.02. The molecule has 0 spiro atoms. The smallest absolute Gasteiger partial charge is 0.226 e. The van der Waals surface area contributed by atoms with Crippen molar-refractivity contribution in [3.05, 3.63) is 17.3 Å². The molecule has 2 heterocycles. The molecule has 1 aliphatic heterocycles. The topological polar surface area (TPSA) is 38.6 Å². The van der Waals surface area contributed by atoms with Gasteiger partial charge in [-0.3, -0.25) is 0 Å². The molecule has 1 aromatic rings. The lowest BCUT2D eigenvalue weighted by atomic mass is 10.3. The molecule has 0 radical (unpaired) electrons. The van der Waals surface area contributed by atoms with Crippen LogP contribution in [0, 0.1) is 0 Å². The van der Waals surface area contributed by atoms with Crippen molar-refractivity contribution in [2.24, 2.45) is 0 Å². The fraction of sp³-hybridized carbons (Fsp3) is 0.625. The number of fused-ring (bicyclic) bond motifs is 1. The molecule has 0 amide bonds. The summed E-state index contributed by atoms with van der Waals surface area (Å²) in [5, 5.41) is 0. The van der Waals surface area contributed by atoms with Gasteiger partial charge in [-0.15, -0.1) is 0 Å². The highest BCUT2D eigenvalue weighted by Crippen LogP contribution is 2.32. The van der Waals surface area contributed by atoms with Gasteiger partial charge in [-0.25, -0.2) is 4.98 Å². The largest absolute Gasteiger partial charge is 0.442 e. The molecule has 1 atom stereocenters. The number of epoxide rings is 1. The van der Waals surface area contributed by atoms with Crippen LogP contribution in [0.3, 0.4) is 0 Å². The Kier molecular flexibility index (Phi) is 0.973. The number of nitrogens with zero attached hydrogens (tertiary/aromatic N) is 1. The summed E-state index contributed by atoms with van der Waals surface area (Å²) in [6.45, 7) is 0.791. The van der Waals surface area contributed by atoms with Gasteiger partial charge in [0.1, 0.15) is 5.76 Å². The lowest BCUT2D eigenvalue weighted by Gasteiger charge is -1.85. The normalized spacial score (nSPS) is 27.1. The van der Waals surface area contributed by atoms with Crippen LogP contribution in [-0.2, 0) is 17.6 Å². The highest BCUT2D eigenvalue weighted by Gasteiger charge is 2.32. The molecule has 1 aromatic heterocycles. The lowest BCUT2D eigenvalue weighted by Crippen LogP contribution is -1.82. The molecule has 3 heteroatoms. The van der Waals surface area contributed by atoms with Gasteiger partial charge in [-0.1, -0.05) is 0 Å². The number of aryl methyl sites for hydroxylation is 2. The Bertz CT molecular complexity index is 267. The van der Waals surface area contributed by atoms with E-state index >= 15 is 0 Å². The highest BCUT2D eigenvalue weighted by atomic mass is 16.6. The van der Waals surface area contributed by atoms with Crippen molar-refractivity contribution in [3.63, 3.8) is 0 Å². The van der Waals surface area contributed by atoms with Crippen LogP contribution in [0.1, 0.15) is 29.9 Å². The third-order valence-electron chi connectivity index (χ3n) is 2.22. The zero-order valence-electron chi connectivity index (χ0n) is 6.17. The van der Waals surface area contributed by atoms with Crippen molar-refractivity contribution in [2.45, 2.75) is 25.4 Å². The molecule has 0 saturated carbocycles. The molecule has 0 N–H and O–H groups in total. The Hall–Kier alpha value is -0.830. The summed E-state index contributed by atoms with van der Waals surface area (Å²) >= 11 is 0. The van der Waals surface area contributed by atoms with Crippen molar-refractivity contribution in [1.82, 2.24) is 4.98 Å². The Morgan fingerprint density at radius 2 is 2.27 bits per heavy atom. The fourth-order valence-electron chi connectivity index (χ4n) is 1.54. The van der Waals surface area contributed by atoms with Gasteiger partial charge in [0.25, 0.3) is 0 Å². The Morgan fingerprint density at radius 1 is 1.36 bits per heavy atom. The molecule has 1 fully saturated rings. The third-order valence-corrected chi connectivity index (χ3v) is 2.22. The van der Waals surface area contributed by atoms with E-state index < -0.39 is 0 Å². The summed E-state index contributed by atoms with van der Waals surface area (Å²) in [7, 11) is 0. The number of aromatic nitrogens is 1. The van der Waals surface area contributed by atoms with Gasteiger partial charge in [0, 0.05) is 6.42 Å². The second-order valence-electron chi connectivity index (χ2n) is 3.10. The molecular weight excluding hydrogens is 142 g/mol. The molecule has 1 saturated heterocycles. The first-order valence-corrected chi connectivity index (χ1v) is 4.03. The minimum absolute atomic E-state index is 0.181. The van der Waals surface area contributed by atoms with Crippen LogP contribution in [0.15, 0.2) is 4.42 Å². The molecule has 2 aliphatic rings. The average molecular weight is 151 g/mol. The summed E-state index contributed by atoms with van der Waals surface area (Å²) < 4.78 is 10.6. The van der Waals surface area contributed by atoms with Crippen molar-refractivity contribution in [1.29, 1.82) is 0 Å². The zero-order valence-corrected chi connectivity index (χ0v) is 6.17. The predicted octanol–water partition coefficient (Wildman–Crippen LogP) is 1.23. The van der Waals surface area contributed by atoms with Crippen LogP contribution in [-0.4, -0.2) is 11.6 Å². The molecule has 3 nitrogen and oxygen atoms in total. The maximum Gasteiger partial charge on any atom is 0.226 e. The second kappa shape index (κ2) is 1.85. The van der Waals surface area contributed by atoms with Crippen LogP contribution in [0.4, 0.5) is 0 Å². The first kappa shape index (κ1) is 5.77. The summed E-state index contributed by atoms with van der Waals surface area (Å²) in [6.07, 6.45) is 3.54. The summed E-state index contributed by atoms with van der Waals surface area (Å²) in [5.74, 6) is 1.89. The molecule has 0 aromatic carbocycles. The van der Waals surface area contributed by atoms with Gasteiger partial charge in [0.2, 0.25) is 5.89 Å². The van der Waals surface area contributed by atoms with Gasteiger partial charge in [0.05, 0.1) is 12.3 Å². The summed E-state index contributed by atoms with van der Waals surface area (Å²) in [5.41, 5.74) is 1.16. The van der Waals surface area contributed by atoms with Crippen LogP contribution < -0.4 is 0 Å². The fourth-order valence-corrected chi connectivity index (χ4v) is 1.54. The van der Waals surface area contributed by atoms with E-state index in [1.165, 1.54) is 6.42 Å². The minimum atomic E-state index is 0.181. The monoisotopic (exact) mass is 151 g/mol. The van der Waals surface area contributed by atoms with E-state index in [0.29, 0.717) is 0 Å². The van der Waals surface area contributed by atoms with Gasteiger partial charge >= 0.3 is 0 Å². The number of rotatable bonds is 1. The number of hydrogen-bond donors (Lipinski definition) is 0. The first-order valence-electron chi connectivity index (χ1n) is 4.03. The minimum Gasteiger partial charge on any atom is -0.442 e. The van der Waals surface area contributed by atoms with E-state index in [1.54, 1.807) is 0 Å². The van der Waals surface area contributed by atoms with E-state index in [2.05, 4.69) is 4.98 Å². The maximum absolute atomic E-state index is 5.51. The van der Waals surface area contributed by atoms with E-state index in [4.69, 9.17) is 9.15 Å². The van der Waals surface area contributed by atoms with Gasteiger partial charge in [0.15, 0.2) is 6.10 Å². The first-order chi connectivity index (χ1) is 5.43. The molecule has 11 heavy (non-hydrogen) atoms. The molecular formula is C8H9NO2. The lowest BCUT2D eigenvalue weighted by molar-refractivity contribution is 0.352. The van der Waals surface area contributed by atoms with Gasteiger partial charge < -0.3 is 9.15 Å². The quantitative estimate of drug-likeness (QED) is 0.567. The third kappa shape index (κ3) is 0.807. The number of oxazole rings is 1. The van der Waals surface area contributed by atoms with Crippen LogP contribution in [0.5, 0.6) is 0 Å². The van der Waals surface area contributed by atoms with Gasteiger partial charge in [-0.2, -0.15) is 0 Å². The van der Waals surface area contributed by atoms with Crippen molar-refractivity contribution in [2.75, 3.05) is 6.61 Å². The van der Waals surface area contributed by atoms with E-state index in [0.717, 1.165) is 36.8 Å². The van der Waals surface area contributed by atoms with Gasteiger partial charge in [-0.05, 0) is 12.8 Å². The Morgan fingerprint density at radius 3 is 3.00 bits per heavy atom. The van der Waals surface area contributed by atoms with Crippen molar-refractivity contribution >= 4 is 0 Å². The summed E-state index contributed by atoms with van der Waals surface area (Å²) in [4.78, 5) is 4.36. The molecule has 0 bridgehead atoms. The molecule has 1 unspecified atom stereocenters. The Labute approximate surface area is 64.4 Å². The highest BCUT2D eigenvalue weighted by molar-refractivity contribution is 5.17. The molecule has 3 rings (SSSR count). The van der Waals surface area contributed by atoms with Crippen LogP contribution in [0.2, 0.25) is 0 Å². The molecule has 1 aliphatic carbocycles. The van der Waals surface area contributed by atoms with Crippen LogP contribution >= 0.6 is 0 Å². The SMILES string of the molecule is C1Cc2nc(C3CO3)oc2C1. The van der Waals surface area contributed by atoms with E-state index in [9.17, 15) is 0 Å². The van der Waals surface area contributed by atoms with Crippen molar-refractivity contribution < 1.29 is 9.15 Å². The second-order valence-corrected chi connectivity index (χ2v) is 3.10. The number of ether oxygens (including phenoxy) is 1. The van der Waals surface area contributed by atoms with Crippen LogP contribution in [0.25, 0.3) is 0 Å². The predicted molar refractivity (Wildman–Crippen MR) is 37.2 cm³/mol. The number of hydrogen-bond acceptors (Lipinski definition) is 3.